The summed E-state index contributed by atoms with van der Waals surface area (Å²) in [6, 6.07) is 9.46. The number of quaternary nitrogens is 1. The molecule has 0 amide bonds. The molecule has 1 aromatic rings. The van der Waals surface area contributed by atoms with Gasteiger partial charge in [-0.15, -0.1) is 0 Å². The summed E-state index contributed by atoms with van der Waals surface area (Å²) in [5.41, 5.74) is 0.882. The molecule has 0 aliphatic carbocycles. The van der Waals surface area contributed by atoms with Gasteiger partial charge in [-0.2, -0.15) is 4.99 Å². The largest absolute Gasteiger partial charge is 0.623 e. The van der Waals surface area contributed by atoms with Gasteiger partial charge in [-0.1, -0.05) is 18.2 Å². The second-order valence-electron chi connectivity index (χ2n) is 2.52. The Morgan fingerprint density at radius 3 is 2.50 bits per heavy atom. The minimum atomic E-state index is -0.0128. The zero-order valence-corrected chi connectivity index (χ0v) is 6.40. The number of amidine groups is 1. The Morgan fingerprint density at radius 1 is 1.17 bits per heavy atom. The van der Waals surface area contributed by atoms with Gasteiger partial charge >= 0.3 is 0 Å². The van der Waals surface area contributed by atoms with Crippen LogP contribution in [-0.2, 0) is 0 Å². The van der Waals surface area contributed by atoms with Crippen molar-refractivity contribution in [2.75, 3.05) is 0 Å². The number of benzene rings is 1. The average molecular weight is 160 g/mol. The molecule has 3 nitrogen and oxygen atoms in total. The summed E-state index contributed by atoms with van der Waals surface area (Å²) >= 11 is 0. The number of nitrogens with one attached hydrogen (secondary N) is 1. The van der Waals surface area contributed by atoms with E-state index in [9.17, 15) is 5.21 Å². The molecule has 0 bridgehead atoms. The summed E-state index contributed by atoms with van der Waals surface area (Å²) < 4.78 is 0. The lowest BCUT2D eigenvalue weighted by molar-refractivity contribution is -0.679. The van der Waals surface area contributed by atoms with Crippen molar-refractivity contribution < 1.29 is 5.06 Å². The van der Waals surface area contributed by atoms with Crippen LogP contribution in [0.15, 0.2) is 47.7 Å². The maximum absolute atomic E-state index is 11.2. The lowest BCUT2D eigenvalue weighted by atomic mass is 10.2. The Morgan fingerprint density at radius 2 is 1.92 bits per heavy atom. The zero-order valence-electron chi connectivity index (χ0n) is 6.40. The van der Waals surface area contributed by atoms with Gasteiger partial charge in [0.2, 0.25) is 5.84 Å². The summed E-state index contributed by atoms with van der Waals surface area (Å²) in [7, 11) is 0. The fraction of sp³-hybridized carbons (Fsp3) is 0. The number of rotatable bonds is 1. The first-order valence-electron chi connectivity index (χ1n) is 3.72. The Hall–Kier alpha value is -1.45. The summed E-state index contributed by atoms with van der Waals surface area (Å²) in [4.78, 5) is 3.97. The lowest BCUT2D eigenvalue weighted by Crippen LogP contribution is -3.04. The van der Waals surface area contributed by atoms with Crippen LogP contribution in [0.25, 0.3) is 0 Å². The standard InChI is InChI=1S/C9H8N2O/c12-11-7-6-10-9(11)8-4-2-1-3-5-8/h1-7,11H. The summed E-state index contributed by atoms with van der Waals surface area (Å²) in [5.74, 6) is 0.538. The van der Waals surface area contributed by atoms with Crippen molar-refractivity contribution >= 4 is 5.84 Å². The monoisotopic (exact) mass is 160 g/mol. The molecule has 1 unspecified atom stereocenters. The molecule has 0 saturated heterocycles. The first-order chi connectivity index (χ1) is 5.88. The third-order valence-corrected chi connectivity index (χ3v) is 1.71. The zero-order chi connectivity index (χ0) is 8.39. The smallest absolute Gasteiger partial charge is 0.238 e. The van der Waals surface area contributed by atoms with E-state index in [2.05, 4.69) is 4.99 Å². The van der Waals surface area contributed by atoms with E-state index in [1.54, 1.807) is 0 Å². The highest BCUT2D eigenvalue weighted by Crippen LogP contribution is 1.99. The number of hydrogen-bond donors (Lipinski definition) is 1. The number of hydrogen-bond acceptors (Lipinski definition) is 2. The van der Waals surface area contributed by atoms with Crippen LogP contribution in [0.1, 0.15) is 5.56 Å². The van der Waals surface area contributed by atoms with Crippen LogP contribution < -0.4 is 5.06 Å². The molecule has 3 heteroatoms. The summed E-state index contributed by atoms with van der Waals surface area (Å²) in [6.45, 7) is 0. The highest BCUT2D eigenvalue weighted by molar-refractivity contribution is 5.93. The maximum atomic E-state index is 11.2. The van der Waals surface area contributed by atoms with Gasteiger partial charge in [0.15, 0.2) is 0 Å². The van der Waals surface area contributed by atoms with Crippen LogP contribution in [0.4, 0.5) is 0 Å². The molecular weight excluding hydrogens is 152 g/mol. The number of hydroxylamine groups is 2. The fourth-order valence-electron chi connectivity index (χ4n) is 1.13. The number of nitrogens with zero attached hydrogens (tertiary/aromatic N) is 1. The van der Waals surface area contributed by atoms with E-state index < -0.39 is 0 Å². The lowest BCUT2D eigenvalue weighted by Gasteiger charge is -2.13. The van der Waals surface area contributed by atoms with Crippen LogP contribution in [0.2, 0.25) is 0 Å². The fourth-order valence-corrected chi connectivity index (χ4v) is 1.13. The molecule has 1 aromatic carbocycles. The normalized spacial score (nSPS) is 21.1. The second-order valence-corrected chi connectivity index (χ2v) is 2.52. The van der Waals surface area contributed by atoms with Gasteiger partial charge in [-0.3, -0.25) is 5.06 Å². The van der Waals surface area contributed by atoms with Crippen molar-refractivity contribution in [2.24, 2.45) is 4.99 Å². The Bertz CT molecular complexity index is 330. The van der Waals surface area contributed by atoms with Crippen molar-refractivity contribution in [1.29, 1.82) is 0 Å². The van der Waals surface area contributed by atoms with Gasteiger partial charge in [0.1, 0.15) is 6.20 Å². The van der Waals surface area contributed by atoms with Crippen LogP contribution in [0.5, 0.6) is 0 Å². The molecule has 12 heavy (non-hydrogen) atoms. The average Bonchev–Trinajstić information content (AvgIpc) is 2.53. The first kappa shape index (κ1) is 7.21. The molecule has 0 saturated carbocycles. The Labute approximate surface area is 70.2 Å². The van der Waals surface area contributed by atoms with Gasteiger partial charge in [-0.25, -0.2) is 0 Å². The van der Waals surface area contributed by atoms with Crippen molar-refractivity contribution in [2.45, 2.75) is 0 Å². The molecule has 1 aliphatic rings. The van der Waals surface area contributed by atoms with Crippen molar-refractivity contribution in [1.82, 2.24) is 0 Å². The van der Waals surface area contributed by atoms with Gasteiger partial charge < -0.3 is 5.21 Å². The predicted octanol–water partition coefficient (Wildman–Crippen LogP) is 0.301. The summed E-state index contributed by atoms with van der Waals surface area (Å²) in [5, 5.41) is 11.1. The molecule has 0 fully saturated rings. The van der Waals surface area contributed by atoms with E-state index >= 15 is 0 Å². The molecule has 0 spiro atoms. The third-order valence-electron chi connectivity index (χ3n) is 1.71. The molecule has 1 atom stereocenters. The van der Waals surface area contributed by atoms with Crippen LogP contribution in [0, 0.1) is 5.21 Å². The molecule has 2 rings (SSSR count). The molecule has 1 heterocycles. The van der Waals surface area contributed by atoms with E-state index in [1.165, 1.54) is 12.4 Å². The maximum Gasteiger partial charge on any atom is 0.238 e. The van der Waals surface area contributed by atoms with E-state index in [4.69, 9.17) is 0 Å². The van der Waals surface area contributed by atoms with E-state index in [1.807, 2.05) is 30.3 Å². The highest BCUT2D eigenvalue weighted by Gasteiger charge is 2.12. The van der Waals surface area contributed by atoms with Crippen LogP contribution >= 0.6 is 0 Å². The Kier molecular flexibility index (Phi) is 1.74. The second kappa shape index (κ2) is 2.89. The number of aliphatic imine (C=N–C) groups is 1. The molecule has 0 aromatic heterocycles. The van der Waals surface area contributed by atoms with E-state index in [0.29, 0.717) is 5.84 Å². The predicted molar refractivity (Wildman–Crippen MR) is 46.4 cm³/mol. The van der Waals surface area contributed by atoms with E-state index in [-0.39, 0.29) is 5.06 Å². The van der Waals surface area contributed by atoms with Crippen molar-refractivity contribution in [3.63, 3.8) is 0 Å². The first-order valence-corrected chi connectivity index (χ1v) is 3.72. The Balaban J connectivity index is 2.34. The van der Waals surface area contributed by atoms with Gasteiger partial charge in [-0.05, 0) is 12.1 Å². The van der Waals surface area contributed by atoms with Gasteiger partial charge in [0, 0.05) is 0 Å². The van der Waals surface area contributed by atoms with Gasteiger partial charge in [0.25, 0.3) is 0 Å². The molecule has 1 N–H and O–H groups in total. The van der Waals surface area contributed by atoms with Crippen LogP contribution in [0.3, 0.4) is 0 Å². The minimum Gasteiger partial charge on any atom is -0.623 e. The third kappa shape index (κ3) is 1.15. The SMILES string of the molecule is [O-][NH+]1C=CN=C1c1ccccc1. The molecule has 60 valence electrons. The van der Waals surface area contributed by atoms with Crippen molar-refractivity contribution in [3.05, 3.63) is 53.5 Å². The van der Waals surface area contributed by atoms with Gasteiger partial charge in [0.05, 0.1) is 11.8 Å². The quantitative estimate of drug-likeness (QED) is 0.590. The minimum absolute atomic E-state index is 0.0128. The molecule has 1 aliphatic heterocycles. The molecular formula is C9H8N2O. The molecule has 0 radical (unpaired) electrons. The van der Waals surface area contributed by atoms with Crippen molar-refractivity contribution in [3.8, 4) is 0 Å². The van der Waals surface area contributed by atoms with Crippen LogP contribution in [-0.4, -0.2) is 5.84 Å². The highest BCUT2D eigenvalue weighted by atomic mass is 16.5. The van der Waals surface area contributed by atoms with E-state index in [0.717, 1.165) is 5.56 Å². The summed E-state index contributed by atoms with van der Waals surface area (Å²) in [6.07, 6.45) is 3.01. The topological polar surface area (TPSA) is 39.9 Å².